The van der Waals surface area contributed by atoms with Crippen LogP contribution in [-0.4, -0.2) is 35.9 Å². The van der Waals surface area contributed by atoms with Crippen molar-refractivity contribution in [1.82, 2.24) is 29.4 Å². The van der Waals surface area contributed by atoms with Crippen LogP contribution in [0.15, 0.2) is 47.5 Å². The third kappa shape index (κ3) is 2.84. The quantitative estimate of drug-likeness (QED) is 0.450. The molecule has 142 valence electrons. The molecule has 0 spiro atoms. The van der Waals surface area contributed by atoms with Gasteiger partial charge in [0.1, 0.15) is 23.0 Å². The highest BCUT2D eigenvalue weighted by Crippen LogP contribution is 2.35. The van der Waals surface area contributed by atoms with Gasteiger partial charge in [-0.15, -0.1) is 0 Å². The van der Waals surface area contributed by atoms with E-state index in [1.54, 1.807) is 27.8 Å². The van der Waals surface area contributed by atoms with Crippen LogP contribution < -0.4 is 4.90 Å². The lowest BCUT2D eigenvalue weighted by molar-refractivity contribution is 0.518. The van der Waals surface area contributed by atoms with E-state index in [-0.39, 0.29) is 11.7 Å². The second kappa shape index (κ2) is 6.62. The maximum atomic E-state index is 14.3. The van der Waals surface area contributed by atoms with Crippen LogP contribution in [0.4, 0.5) is 14.6 Å². The van der Waals surface area contributed by atoms with Gasteiger partial charge in [-0.2, -0.15) is 14.6 Å². The molecule has 5 rings (SSSR count). The average Bonchev–Trinajstić information content (AvgIpc) is 3.42. The fourth-order valence-corrected chi connectivity index (χ4v) is 3.88. The minimum Gasteiger partial charge on any atom is -0.348 e. The molecule has 0 amide bonds. The van der Waals surface area contributed by atoms with Gasteiger partial charge in [-0.1, -0.05) is 0 Å². The lowest BCUT2D eigenvalue weighted by atomic mass is 10.1. The van der Waals surface area contributed by atoms with Crippen molar-refractivity contribution in [2.45, 2.75) is 18.9 Å². The molecule has 4 aromatic heterocycles. The van der Waals surface area contributed by atoms with Gasteiger partial charge in [0.15, 0.2) is 5.65 Å². The van der Waals surface area contributed by atoms with E-state index in [1.807, 2.05) is 17.2 Å². The Morgan fingerprint density at radius 1 is 1.07 bits per heavy atom. The van der Waals surface area contributed by atoms with Gasteiger partial charge in [0.25, 0.3) is 0 Å². The normalized spacial score (nSPS) is 17.0. The first-order valence-corrected chi connectivity index (χ1v) is 9.53. The summed E-state index contributed by atoms with van der Waals surface area (Å²) >= 11 is 3.38. The molecule has 5 heterocycles. The van der Waals surface area contributed by atoms with E-state index in [1.165, 1.54) is 0 Å². The van der Waals surface area contributed by atoms with Crippen LogP contribution >= 0.6 is 15.9 Å². The maximum absolute atomic E-state index is 14.3. The molecule has 0 aromatic carbocycles. The van der Waals surface area contributed by atoms with E-state index in [4.69, 9.17) is 4.98 Å². The number of rotatable bonds is 3. The van der Waals surface area contributed by atoms with Crippen LogP contribution in [0.1, 0.15) is 24.6 Å². The second-order valence-corrected chi connectivity index (χ2v) is 7.45. The number of aromatic nitrogens is 6. The van der Waals surface area contributed by atoms with Gasteiger partial charge in [-0.05, 0) is 47.0 Å². The number of hydrogen-bond acceptors (Lipinski definition) is 5. The number of hydrogen-bond donors (Lipinski definition) is 0. The van der Waals surface area contributed by atoms with Gasteiger partial charge in [-0.3, -0.25) is 0 Å². The number of nitrogens with zero attached hydrogens (tertiary/aromatic N) is 7. The summed E-state index contributed by atoms with van der Waals surface area (Å²) in [7, 11) is 0. The summed E-state index contributed by atoms with van der Waals surface area (Å²) < 4.78 is 32.1. The topological polar surface area (TPSA) is 64.1 Å². The van der Waals surface area contributed by atoms with Crippen molar-refractivity contribution < 1.29 is 8.78 Å². The molecular formula is C18H14BrF2N7. The van der Waals surface area contributed by atoms with E-state index in [9.17, 15) is 8.78 Å². The summed E-state index contributed by atoms with van der Waals surface area (Å²) in [6, 6.07) is 3.60. The highest BCUT2D eigenvalue weighted by Gasteiger charge is 2.31. The van der Waals surface area contributed by atoms with E-state index in [0.29, 0.717) is 24.4 Å². The Hall–Kier alpha value is -2.88. The molecule has 1 atom stereocenters. The molecular weight excluding hydrogens is 432 g/mol. The van der Waals surface area contributed by atoms with E-state index in [0.717, 1.165) is 28.7 Å². The molecule has 0 N–H and O–H groups in total. The molecule has 0 bridgehead atoms. The van der Waals surface area contributed by atoms with Crippen molar-refractivity contribution in [3.8, 4) is 5.69 Å². The van der Waals surface area contributed by atoms with Crippen LogP contribution in [0.5, 0.6) is 0 Å². The minimum absolute atomic E-state index is 0.115. The third-order valence-electron chi connectivity index (χ3n) is 4.84. The summed E-state index contributed by atoms with van der Waals surface area (Å²) in [6.45, 7) is 0.683. The zero-order valence-electron chi connectivity index (χ0n) is 14.5. The predicted octanol–water partition coefficient (Wildman–Crippen LogP) is 3.69. The number of halogens is 3. The molecule has 7 nitrogen and oxygen atoms in total. The first-order chi connectivity index (χ1) is 13.6. The Morgan fingerprint density at radius 2 is 1.96 bits per heavy atom. The number of fused-ring (bicyclic) bond motifs is 1. The van der Waals surface area contributed by atoms with E-state index in [2.05, 4.69) is 31.1 Å². The molecule has 0 saturated carbocycles. The van der Waals surface area contributed by atoms with Gasteiger partial charge in [0.05, 0.1) is 22.9 Å². The number of pyridine rings is 1. The average molecular weight is 446 g/mol. The van der Waals surface area contributed by atoms with Crippen molar-refractivity contribution >= 4 is 27.4 Å². The Bertz CT molecular complexity index is 1170. The van der Waals surface area contributed by atoms with Gasteiger partial charge in [0, 0.05) is 18.9 Å². The molecule has 4 aromatic rings. The molecule has 1 aliphatic heterocycles. The third-order valence-corrected chi connectivity index (χ3v) is 5.25. The highest BCUT2D eigenvalue weighted by atomic mass is 79.9. The Kier molecular flexibility index (Phi) is 4.08. The number of anilines is 1. The highest BCUT2D eigenvalue weighted by molar-refractivity contribution is 9.10. The summed E-state index contributed by atoms with van der Waals surface area (Å²) in [4.78, 5) is 10.5. The summed E-state index contributed by atoms with van der Waals surface area (Å²) in [6.07, 6.45) is 8.50. The monoisotopic (exact) mass is 445 g/mol. The molecule has 1 saturated heterocycles. The van der Waals surface area contributed by atoms with E-state index < -0.39 is 11.8 Å². The molecule has 0 radical (unpaired) electrons. The van der Waals surface area contributed by atoms with Gasteiger partial charge in [0.2, 0.25) is 5.95 Å². The Labute approximate surface area is 166 Å². The molecule has 0 aliphatic carbocycles. The SMILES string of the molecule is Fc1ccc(F)c([C@H]2CCCN2c2ccn3ncc(-n4cc(Br)cn4)c3n2)n1. The largest absolute Gasteiger partial charge is 0.348 e. The molecule has 1 aliphatic rings. The smallest absolute Gasteiger partial charge is 0.213 e. The van der Waals surface area contributed by atoms with Gasteiger partial charge >= 0.3 is 0 Å². The maximum Gasteiger partial charge on any atom is 0.213 e. The van der Waals surface area contributed by atoms with Crippen molar-refractivity contribution in [2.75, 3.05) is 11.4 Å². The second-order valence-electron chi connectivity index (χ2n) is 6.54. The zero-order valence-corrected chi connectivity index (χ0v) is 16.1. The van der Waals surface area contributed by atoms with Crippen LogP contribution in [0.3, 0.4) is 0 Å². The molecule has 1 fully saturated rings. The first kappa shape index (κ1) is 17.2. The van der Waals surface area contributed by atoms with Gasteiger partial charge in [-0.25, -0.2) is 23.6 Å². The van der Waals surface area contributed by atoms with Crippen molar-refractivity contribution in [3.05, 3.63) is 64.9 Å². The van der Waals surface area contributed by atoms with Crippen LogP contribution in [-0.2, 0) is 0 Å². The zero-order chi connectivity index (χ0) is 19.3. The fraction of sp³-hybridized carbons (Fsp3) is 0.222. The summed E-state index contributed by atoms with van der Waals surface area (Å²) in [5, 5.41) is 8.59. The summed E-state index contributed by atoms with van der Waals surface area (Å²) in [5.74, 6) is -0.534. The molecule has 10 heteroatoms. The summed E-state index contributed by atoms with van der Waals surface area (Å²) in [5.41, 5.74) is 1.45. The van der Waals surface area contributed by atoms with Crippen molar-refractivity contribution in [2.24, 2.45) is 0 Å². The van der Waals surface area contributed by atoms with Crippen LogP contribution in [0, 0.1) is 11.8 Å². The Morgan fingerprint density at radius 3 is 2.79 bits per heavy atom. The van der Waals surface area contributed by atoms with Gasteiger partial charge < -0.3 is 4.90 Å². The lowest BCUT2D eigenvalue weighted by Gasteiger charge is -2.25. The predicted molar refractivity (Wildman–Crippen MR) is 101 cm³/mol. The van der Waals surface area contributed by atoms with Crippen LogP contribution in [0.25, 0.3) is 11.3 Å². The van der Waals surface area contributed by atoms with Crippen molar-refractivity contribution in [1.29, 1.82) is 0 Å². The van der Waals surface area contributed by atoms with Crippen LogP contribution in [0.2, 0.25) is 0 Å². The standard InChI is InChI=1S/C18H14BrF2N7/c19-11-8-22-28(10-11)14-9-23-27-7-5-16(25-18(14)27)26-6-1-2-13(26)17-12(20)3-4-15(21)24-17/h3-5,7-10,13H,1-2,6H2/t13-/m1/s1. The van der Waals surface area contributed by atoms with E-state index >= 15 is 0 Å². The Balaban J connectivity index is 1.57. The van der Waals surface area contributed by atoms with Crippen molar-refractivity contribution in [3.63, 3.8) is 0 Å². The first-order valence-electron chi connectivity index (χ1n) is 8.74. The lowest BCUT2D eigenvalue weighted by Crippen LogP contribution is -2.25. The fourth-order valence-electron chi connectivity index (χ4n) is 3.59. The molecule has 28 heavy (non-hydrogen) atoms. The minimum atomic E-state index is -0.686. The molecule has 0 unspecified atom stereocenters.